The van der Waals surface area contributed by atoms with E-state index in [1.54, 1.807) is 4.90 Å². The molecule has 3 N–H and O–H groups in total. The summed E-state index contributed by atoms with van der Waals surface area (Å²) in [4.78, 5) is 14.1. The first-order chi connectivity index (χ1) is 9.74. The van der Waals surface area contributed by atoms with Gasteiger partial charge >= 0.3 is 6.03 Å². The van der Waals surface area contributed by atoms with Crippen molar-refractivity contribution in [3.05, 3.63) is 42.5 Å². The number of nitrogens with one attached hydrogen (secondary N) is 1. The number of hydrogen-bond donors (Lipinski definition) is 2. The summed E-state index contributed by atoms with van der Waals surface area (Å²) < 4.78 is 0. The van der Waals surface area contributed by atoms with Crippen LogP contribution in [0.4, 0.5) is 10.5 Å². The molecule has 2 aromatic rings. The lowest BCUT2D eigenvalue weighted by molar-refractivity contribution is 0.193. The molecule has 1 atom stereocenters. The van der Waals surface area contributed by atoms with Gasteiger partial charge in [0.05, 0.1) is 5.69 Å². The smallest absolute Gasteiger partial charge is 0.321 e. The standard InChI is InChI=1S/C16H19N3O/c17-13-7-4-10-19(11-13)16(20)18-15-9-3-6-12-5-1-2-8-14(12)15/h1-3,5-6,8-9,13H,4,7,10-11,17H2,(H,18,20). The van der Waals surface area contributed by atoms with Crippen molar-refractivity contribution < 1.29 is 4.79 Å². The van der Waals surface area contributed by atoms with E-state index in [1.165, 1.54) is 0 Å². The molecule has 1 heterocycles. The Balaban J connectivity index is 1.80. The fourth-order valence-corrected chi connectivity index (χ4v) is 2.72. The van der Waals surface area contributed by atoms with Crippen LogP contribution in [-0.2, 0) is 0 Å². The Morgan fingerprint density at radius 1 is 1.20 bits per heavy atom. The summed E-state index contributed by atoms with van der Waals surface area (Å²) in [5.41, 5.74) is 6.78. The summed E-state index contributed by atoms with van der Waals surface area (Å²) in [5, 5.41) is 5.19. The van der Waals surface area contributed by atoms with E-state index in [2.05, 4.69) is 5.32 Å². The highest BCUT2D eigenvalue weighted by Gasteiger charge is 2.21. The number of likely N-dealkylation sites (tertiary alicyclic amines) is 1. The molecule has 3 rings (SSSR count). The monoisotopic (exact) mass is 269 g/mol. The predicted octanol–water partition coefficient (Wildman–Crippen LogP) is 2.79. The number of benzene rings is 2. The van der Waals surface area contributed by atoms with E-state index >= 15 is 0 Å². The summed E-state index contributed by atoms with van der Waals surface area (Å²) in [6.07, 6.45) is 1.97. The molecular formula is C16H19N3O. The number of carbonyl (C=O) groups excluding carboxylic acids is 1. The minimum atomic E-state index is -0.0588. The van der Waals surface area contributed by atoms with Gasteiger partial charge in [-0.25, -0.2) is 4.79 Å². The van der Waals surface area contributed by atoms with Crippen LogP contribution in [0.25, 0.3) is 10.8 Å². The number of piperidine rings is 1. The lowest BCUT2D eigenvalue weighted by Crippen LogP contribution is -2.47. The molecule has 1 aliphatic heterocycles. The topological polar surface area (TPSA) is 58.4 Å². The molecule has 2 amide bonds. The van der Waals surface area contributed by atoms with E-state index in [-0.39, 0.29) is 12.1 Å². The maximum absolute atomic E-state index is 12.3. The van der Waals surface area contributed by atoms with Gasteiger partial charge in [-0.1, -0.05) is 36.4 Å². The van der Waals surface area contributed by atoms with Gasteiger partial charge < -0.3 is 16.0 Å². The van der Waals surface area contributed by atoms with Crippen LogP contribution < -0.4 is 11.1 Å². The average Bonchev–Trinajstić information content (AvgIpc) is 2.47. The highest BCUT2D eigenvalue weighted by atomic mass is 16.2. The number of anilines is 1. The number of amides is 2. The Morgan fingerprint density at radius 2 is 2.00 bits per heavy atom. The van der Waals surface area contributed by atoms with Gasteiger partial charge in [0.25, 0.3) is 0 Å². The zero-order valence-corrected chi connectivity index (χ0v) is 11.4. The zero-order chi connectivity index (χ0) is 13.9. The van der Waals surface area contributed by atoms with Gasteiger partial charge in [-0.05, 0) is 24.3 Å². The van der Waals surface area contributed by atoms with Crippen LogP contribution in [0, 0.1) is 0 Å². The van der Waals surface area contributed by atoms with E-state index < -0.39 is 0 Å². The summed E-state index contributed by atoms with van der Waals surface area (Å²) in [6.45, 7) is 1.42. The van der Waals surface area contributed by atoms with Gasteiger partial charge in [0.1, 0.15) is 0 Å². The normalized spacial score (nSPS) is 19.1. The van der Waals surface area contributed by atoms with Crippen molar-refractivity contribution in [2.75, 3.05) is 18.4 Å². The second kappa shape index (κ2) is 5.51. The third kappa shape index (κ3) is 2.60. The molecule has 0 spiro atoms. The van der Waals surface area contributed by atoms with Gasteiger partial charge in [-0.15, -0.1) is 0 Å². The van der Waals surface area contributed by atoms with Crippen molar-refractivity contribution in [3.8, 4) is 0 Å². The van der Waals surface area contributed by atoms with E-state index in [4.69, 9.17) is 5.73 Å². The number of carbonyl (C=O) groups is 1. The highest BCUT2D eigenvalue weighted by Crippen LogP contribution is 2.23. The first-order valence-corrected chi connectivity index (χ1v) is 7.03. The van der Waals surface area contributed by atoms with Crippen LogP contribution in [0.2, 0.25) is 0 Å². The van der Waals surface area contributed by atoms with Crippen molar-refractivity contribution in [2.24, 2.45) is 5.73 Å². The summed E-state index contributed by atoms with van der Waals surface area (Å²) in [5.74, 6) is 0. The molecule has 0 radical (unpaired) electrons. The summed E-state index contributed by atoms with van der Waals surface area (Å²) >= 11 is 0. The number of rotatable bonds is 1. The van der Waals surface area contributed by atoms with E-state index in [0.717, 1.165) is 35.8 Å². The molecule has 1 unspecified atom stereocenters. The average molecular weight is 269 g/mol. The molecule has 0 saturated carbocycles. The molecule has 0 bridgehead atoms. The Kier molecular flexibility index (Phi) is 3.56. The molecule has 1 fully saturated rings. The predicted molar refractivity (Wildman–Crippen MR) is 81.7 cm³/mol. The van der Waals surface area contributed by atoms with Crippen LogP contribution in [-0.4, -0.2) is 30.1 Å². The number of nitrogens with zero attached hydrogens (tertiary/aromatic N) is 1. The lowest BCUT2D eigenvalue weighted by Gasteiger charge is -2.30. The summed E-state index contributed by atoms with van der Waals surface area (Å²) in [7, 11) is 0. The molecule has 2 aromatic carbocycles. The SMILES string of the molecule is NC1CCCN(C(=O)Nc2cccc3ccccc23)C1. The van der Waals surface area contributed by atoms with Gasteiger partial charge in [-0.2, -0.15) is 0 Å². The Bertz CT molecular complexity index is 621. The third-order valence-electron chi connectivity index (χ3n) is 3.78. The van der Waals surface area contributed by atoms with Gasteiger partial charge in [0.15, 0.2) is 0 Å². The van der Waals surface area contributed by atoms with Crippen molar-refractivity contribution in [3.63, 3.8) is 0 Å². The van der Waals surface area contributed by atoms with Gasteiger partial charge in [0, 0.05) is 24.5 Å². The van der Waals surface area contributed by atoms with Crippen LogP contribution in [0.1, 0.15) is 12.8 Å². The second-order valence-electron chi connectivity index (χ2n) is 5.31. The lowest BCUT2D eigenvalue weighted by atomic mass is 10.1. The number of nitrogens with two attached hydrogens (primary N) is 1. The molecule has 4 nitrogen and oxygen atoms in total. The Morgan fingerprint density at radius 3 is 2.85 bits per heavy atom. The molecule has 1 saturated heterocycles. The fourth-order valence-electron chi connectivity index (χ4n) is 2.72. The van der Waals surface area contributed by atoms with Crippen molar-refractivity contribution in [2.45, 2.75) is 18.9 Å². The fraction of sp³-hybridized carbons (Fsp3) is 0.312. The molecule has 4 heteroatoms. The molecule has 104 valence electrons. The van der Waals surface area contributed by atoms with Crippen LogP contribution in [0.15, 0.2) is 42.5 Å². The van der Waals surface area contributed by atoms with Gasteiger partial charge in [0.2, 0.25) is 0 Å². The Labute approximate surface area is 118 Å². The van der Waals surface area contributed by atoms with Gasteiger partial charge in [-0.3, -0.25) is 0 Å². The van der Waals surface area contributed by atoms with Crippen LogP contribution in [0.3, 0.4) is 0 Å². The van der Waals surface area contributed by atoms with Crippen molar-refractivity contribution >= 4 is 22.5 Å². The Hall–Kier alpha value is -2.07. The largest absolute Gasteiger partial charge is 0.326 e. The second-order valence-corrected chi connectivity index (χ2v) is 5.31. The van der Waals surface area contributed by atoms with Crippen molar-refractivity contribution in [1.29, 1.82) is 0 Å². The number of fused-ring (bicyclic) bond motifs is 1. The van der Waals surface area contributed by atoms with E-state index in [0.29, 0.717) is 6.54 Å². The maximum atomic E-state index is 12.3. The quantitative estimate of drug-likeness (QED) is 0.836. The first kappa shape index (κ1) is 12.9. The van der Waals surface area contributed by atoms with Crippen LogP contribution >= 0.6 is 0 Å². The molecule has 0 aliphatic carbocycles. The minimum Gasteiger partial charge on any atom is -0.326 e. The minimum absolute atomic E-state index is 0.0588. The molecule has 1 aliphatic rings. The number of hydrogen-bond acceptors (Lipinski definition) is 2. The maximum Gasteiger partial charge on any atom is 0.321 e. The molecular weight excluding hydrogens is 250 g/mol. The zero-order valence-electron chi connectivity index (χ0n) is 11.4. The van der Waals surface area contributed by atoms with E-state index in [1.807, 2.05) is 42.5 Å². The van der Waals surface area contributed by atoms with E-state index in [9.17, 15) is 4.79 Å². The van der Waals surface area contributed by atoms with Crippen molar-refractivity contribution in [1.82, 2.24) is 4.90 Å². The third-order valence-corrected chi connectivity index (χ3v) is 3.78. The molecule has 0 aromatic heterocycles. The van der Waals surface area contributed by atoms with Crippen LogP contribution in [0.5, 0.6) is 0 Å². The first-order valence-electron chi connectivity index (χ1n) is 7.03. The molecule has 20 heavy (non-hydrogen) atoms. The summed E-state index contributed by atoms with van der Waals surface area (Å²) in [6, 6.07) is 14.0. The highest BCUT2D eigenvalue weighted by molar-refractivity contribution is 6.01. The number of urea groups is 1.